The molecule has 2 unspecified atom stereocenters. The third-order valence-corrected chi connectivity index (χ3v) is 4.66. The Morgan fingerprint density at radius 1 is 1.19 bits per heavy atom. The zero-order valence-corrected chi connectivity index (χ0v) is 12.3. The van der Waals surface area contributed by atoms with E-state index in [2.05, 4.69) is 10.3 Å². The van der Waals surface area contributed by atoms with Crippen LogP contribution in [0.25, 0.3) is 10.9 Å². The number of aliphatic hydroxyl groups excluding tert-OH is 1. The first-order chi connectivity index (χ1) is 10.3. The van der Waals surface area contributed by atoms with Gasteiger partial charge in [0.25, 0.3) is 0 Å². The zero-order valence-electron chi connectivity index (χ0n) is 12.3. The van der Waals surface area contributed by atoms with Crippen LogP contribution >= 0.6 is 0 Å². The molecule has 0 amide bonds. The van der Waals surface area contributed by atoms with Crippen molar-refractivity contribution >= 4 is 22.3 Å². The topological polar surface area (TPSA) is 71.2 Å². The Balaban J connectivity index is 1.77. The van der Waals surface area contributed by atoms with Crippen molar-refractivity contribution in [3.63, 3.8) is 0 Å². The van der Waals surface area contributed by atoms with Crippen LogP contribution in [0.15, 0.2) is 30.5 Å². The molecule has 4 N–H and O–H groups in total. The van der Waals surface area contributed by atoms with Gasteiger partial charge in [-0.15, -0.1) is 0 Å². The molecule has 0 spiro atoms. The number of nitrogens with two attached hydrogens (primary N) is 1. The second-order valence-corrected chi connectivity index (χ2v) is 5.97. The predicted molar refractivity (Wildman–Crippen MR) is 87.2 cm³/mol. The molecule has 2 atom stereocenters. The molecule has 112 valence electrons. The van der Waals surface area contributed by atoms with Gasteiger partial charge in [0, 0.05) is 30.4 Å². The molecule has 1 aromatic carbocycles. The lowest BCUT2D eigenvalue weighted by Crippen LogP contribution is -2.28. The molecule has 0 radical (unpaired) electrons. The summed E-state index contributed by atoms with van der Waals surface area (Å²) in [6.45, 7) is 1.19. The maximum atomic E-state index is 9.51. The van der Waals surface area contributed by atoms with E-state index >= 15 is 0 Å². The molecule has 0 saturated heterocycles. The lowest BCUT2D eigenvalue weighted by atomic mass is 9.79. The van der Waals surface area contributed by atoms with Crippen molar-refractivity contribution in [1.82, 2.24) is 4.98 Å². The number of benzene rings is 1. The van der Waals surface area contributed by atoms with Gasteiger partial charge >= 0.3 is 0 Å². The van der Waals surface area contributed by atoms with Crippen LogP contribution in [-0.2, 0) is 0 Å². The molecule has 21 heavy (non-hydrogen) atoms. The highest BCUT2D eigenvalue weighted by molar-refractivity contribution is 5.98. The molecule has 2 aromatic rings. The summed E-state index contributed by atoms with van der Waals surface area (Å²) in [4.78, 5) is 4.45. The van der Waals surface area contributed by atoms with Crippen molar-refractivity contribution in [3.8, 4) is 0 Å². The summed E-state index contributed by atoms with van der Waals surface area (Å²) in [6, 6.07) is 7.84. The van der Waals surface area contributed by atoms with Crippen LogP contribution in [-0.4, -0.2) is 23.2 Å². The molecule has 1 saturated carbocycles. The minimum absolute atomic E-state index is 0.299. The van der Waals surface area contributed by atoms with Crippen molar-refractivity contribution in [1.29, 1.82) is 0 Å². The first kappa shape index (κ1) is 14.1. The van der Waals surface area contributed by atoms with Crippen LogP contribution < -0.4 is 11.1 Å². The molecule has 1 heterocycles. The first-order valence-corrected chi connectivity index (χ1v) is 7.77. The second kappa shape index (κ2) is 6.31. The third kappa shape index (κ3) is 2.95. The SMILES string of the molecule is Nc1ccc(NCC2CCCCC2CO)c2ncccc12. The normalized spacial score (nSPS) is 22.3. The molecule has 0 aliphatic heterocycles. The van der Waals surface area contributed by atoms with Gasteiger partial charge in [-0.2, -0.15) is 0 Å². The van der Waals surface area contributed by atoms with Crippen LogP contribution in [0.1, 0.15) is 25.7 Å². The van der Waals surface area contributed by atoms with Gasteiger partial charge in [-0.05, 0) is 48.9 Å². The van der Waals surface area contributed by atoms with Gasteiger partial charge in [-0.3, -0.25) is 4.98 Å². The largest absolute Gasteiger partial charge is 0.398 e. The third-order valence-electron chi connectivity index (χ3n) is 4.66. The second-order valence-electron chi connectivity index (χ2n) is 5.97. The number of rotatable bonds is 4. The van der Waals surface area contributed by atoms with Crippen LogP contribution in [0.5, 0.6) is 0 Å². The summed E-state index contributed by atoms with van der Waals surface area (Å²) in [5.74, 6) is 0.972. The van der Waals surface area contributed by atoms with Gasteiger partial charge in [-0.25, -0.2) is 0 Å². The highest BCUT2D eigenvalue weighted by Crippen LogP contribution is 2.31. The van der Waals surface area contributed by atoms with Crippen LogP contribution in [0.3, 0.4) is 0 Å². The number of nitrogen functional groups attached to an aromatic ring is 1. The fourth-order valence-corrected chi connectivity index (χ4v) is 3.37. The van der Waals surface area contributed by atoms with E-state index in [1.807, 2.05) is 24.3 Å². The number of hydrogen-bond donors (Lipinski definition) is 3. The zero-order chi connectivity index (χ0) is 14.7. The lowest BCUT2D eigenvalue weighted by molar-refractivity contribution is 0.141. The van der Waals surface area contributed by atoms with Crippen LogP contribution in [0.4, 0.5) is 11.4 Å². The Morgan fingerprint density at radius 2 is 2.00 bits per heavy atom. The quantitative estimate of drug-likeness (QED) is 0.755. The number of nitrogens with zero attached hydrogens (tertiary/aromatic N) is 1. The summed E-state index contributed by atoms with van der Waals surface area (Å²) in [7, 11) is 0. The molecular weight excluding hydrogens is 262 g/mol. The number of aliphatic hydroxyl groups is 1. The first-order valence-electron chi connectivity index (χ1n) is 7.77. The molecule has 3 rings (SSSR count). The highest BCUT2D eigenvalue weighted by atomic mass is 16.3. The van der Waals surface area contributed by atoms with E-state index in [1.54, 1.807) is 6.20 Å². The Morgan fingerprint density at radius 3 is 2.81 bits per heavy atom. The van der Waals surface area contributed by atoms with Crippen LogP contribution in [0, 0.1) is 11.8 Å². The van der Waals surface area contributed by atoms with E-state index in [-0.39, 0.29) is 0 Å². The summed E-state index contributed by atoms with van der Waals surface area (Å²) >= 11 is 0. The van der Waals surface area contributed by atoms with Gasteiger partial charge in [-0.1, -0.05) is 12.8 Å². The smallest absolute Gasteiger partial charge is 0.0953 e. The van der Waals surface area contributed by atoms with Crippen LogP contribution in [0.2, 0.25) is 0 Å². The molecule has 1 aromatic heterocycles. The Labute approximate surface area is 125 Å². The minimum Gasteiger partial charge on any atom is -0.398 e. The van der Waals surface area contributed by atoms with Gasteiger partial charge in [0.05, 0.1) is 11.2 Å². The van der Waals surface area contributed by atoms with Crippen molar-refractivity contribution < 1.29 is 5.11 Å². The van der Waals surface area contributed by atoms with Crippen molar-refractivity contribution in [3.05, 3.63) is 30.5 Å². The monoisotopic (exact) mass is 285 g/mol. The number of hydrogen-bond acceptors (Lipinski definition) is 4. The molecule has 0 bridgehead atoms. The molecular formula is C17H23N3O. The van der Waals surface area contributed by atoms with Crippen molar-refractivity contribution in [2.24, 2.45) is 11.8 Å². The Hall–Kier alpha value is -1.81. The van der Waals surface area contributed by atoms with E-state index in [1.165, 1.54) is 19.3 Å². The molecule has 4 nitrogen and oxygen atoms in total. The Kier molecular flexibility index (Phi) is 4.25. The number of fused-ring (bicyclic) bond motifs is 1. The Bertz CT molecular complexity index is 614. The number of aromatic nitrogens is 1. The predicted octanol–water partition coefficient (Wildman–Crippen LogP) is 3.03. The van der Waals surface area contributed by atoms with Crippen molar-refractivity contribution in [2.45, 2.75) is 25.7 Å². The fourth-order valence-electron chi connectivity index (χ4n) is 3.37. The molecule has 1 aliphatic carbocycles. The average Bonchev–Trinajstić information content (AvgIpc) is 2.55. The summed E-state index contributed by atoms with van der Waals surface area (Å²) in [5.41, 5.74) is 8.72. The average molecular weight is 285 g/mol. The lowest BCUT2D eigenvalue weighted by Gasteiger charge is -2.30. The van der Waals surface area contributed by atoms with Gasteiger partial charge in [0.2, 0.25) is 0 Å². The van der Waals surface area contributed by atoms with Gasteiger partial charge in [0.15, 0.2) is 0 Å². The van der Waals surface area contributed by atoms with E-state index in [9.17, 15) is 5.11 Å². The highest BCUT2D eigenvalue weighted by Gasteiger charge is 2.24. The number of pyridine rings is 1. The summed E-state index contributed by atoms with van der Waals surface area (Å²) < 4.78 is 0. The number of nitrogens with one attached hydrogen (secondary N) is 1. The van der Waals surface area contributed by atoms with E-state index < -0.39 is 0 Å². The standard InChI is InChI=1S/C17H23N3O/c18-15-7-8-16(17-14(15)6-3-9-19-17)20-10-12-4-1-2-5-13(12)11-21/h3,6-9,12-13,20-21H,1-2,4-5,10-11,18H2. The van der Waals surface area contributed by atoms with Crippen molar-refractivity contribution in [2.75, 3.05) is 24.2 Å². The van der Waals surface area contributed by atoms with Gasteiger partial charge < -0.3 is 16.2 Å². The van der Waals surface area contributed by atoms with Gasteiger partial charge in [0.1, 0.15) is 0 Å². The summed E-state index contributed by atoms with van der Waals surface area (Å²) in [6.07, 6.45) is 6.64. The van der Waals surface area contributed by atoms with E-state index in [0.717, 1.165) is 35.2 Å². The molecule has 4 heteroatoms. The molecule has 1 aliphatic rings. The van der Waals surface area contributed by atoms with E-state index in [0.29, 0.717) is 18.4 Å². The maximum absolute atomic E-state index is 9.51. The minimum atomic E-state index is 0.299. The molecule has 1 fully saturated rings. The summed E-state index contributed by atoms with van der Waals surface area (Å²) in [5, 5.41) is 14.0. The fraction of sp³-hybridized carbons (Fsp3) is 0.471. The maximum Gasteiger partial charge on any atom is 0.0953 e. The number of anilines is 2. The van der Waals surface area contributed by atoms with E-state index in [4.69, 9.17) is 5.73 Å².